The molecule has 0 radical (unpaired) electrons. The molecule has 0 spiro atoms. The van der Waals surface area contributed by atoms with Gasteiger partial charge in [-0.3, -0.25) is 0 Å². The Hall–Kier alpha value is -0.610. The smallest absolute Gasteiger partial charge is 0.185 e. The number of nitrogens with two attached hydrogens (primary N) is 1. The lowest BCUT2D eigenvalue weighted by molar-refractivity contribution is 0.672. The molecule has 1 aliphatic rings. The zero-order valence-corrected chi connectivity index (χ0v) is 9.55. The predicted octanol–water partition coefficient (Wildman–Crippen LogP) is 1.77. The normalized spacial score (nSPS) is 18.2. The van der Waals surface area contributed by atoms with Crippen LogP contribution in [0.2, 0.25) is 0 Å². The van der Waals surface area contributed by atoms with Crippen LogP contribution in [0.15, 0.2) is 6.20 Å². The molecule has 0 bridgehead atoms. The molecule has 1 saturated carbocycles. The number of thiazole rings is 1. The highest BCUT2D eigenvalue weighted by Crippen LogP contribution is 2.33. The molecule has 0 amide bonds. The fraction of sp³-hybridized carbons (Fsp3) is 0.700. The Labute approximate surface area is 88.9 Å². The van der Waals surface area contributed by atoms with E-state index in [1.165, 1.54) is 17.7 Å². The summed E-state index contributed by atoms with van der Waals surface area (Å²) >= 11 is 1.77. The highest BCUT2D eigenvalue weighted by Gasteiger charge is 2.31. The summed E-state index contributed by atoms with van der Waals surface area (Å²) in [7, 11) is 0. The third-order valence-electron chi connectivity index (χ3n) is 2.33. The van der Waals surface area contributed by atoms with E-state index < -0.39 is 0 Å². The van der Waals surface area contributed by atoms with Crippen LogP contribution in [0, 0.1) is 6.92 Å². The molecule has 78 valence electrons. The summed E-state index contributed by atoms with van der Waals surface area (Å²) in [5, 5.41) is 1.14. The number of aryl methyl sites for hydroxylation is 1. The maximum Gasteiger partial charge on any atom is 0.185 e. The standard InChI is InChI=1S/C10H17N3S/c1-7(11)6-13(9-3-4-9)10-12-5-8(2)14-10/h5,7,9H,3-4,6,11H2,1-2H3. The van der Waals surface area contributed by atoms with E-state index in [2.05, 4.69) is 23.7 Å². The molecule has 0 aliphatic heterocycles. The largest absolute Gasteiger partial charge is 0.344 e. The third kappa shape index (κ3) is 2.25. The lowest BCUT2D eigenvalue weighted by atomic mass is 10.3. The Balaban J connectivity index is 2.09. The first-order valence-electron chi connectivity index (χ1n) is 5.11. The van der Waals surface area contributed by atoms with E-state index in [0.717, 1.165) is 11.7 Å². The van der Waals surface area contributed by atoms with Gasteiger partial charge >= 0.3 is 0 Å². The van der Waals surface area contributed by atoms with Gasteiger partial charge in [0.1, 0.15) is 0 Å². The lowest BCUT2D eigenvalue weighted by Gasteiger charge is -2.23. The predicted molar refractivity (Wildman–Crippen MR) is 60.9 cm³/mol. The summed E-state index contributed by atoms with van der Waals surface area (Å²) in [5.41, 5.74) is 5.84. The zero-order chi connectivity index (χ0) is 10.1. The van der Waals surface area contributed by atoms with Gasteiger partial charge in [0.15, 0.2) is 5.13 Å². The molecule has 1 aromatic rings. The first-order valence-corrected chi connectivity index (χ1v) is 5.93. The maximum atomic E-state index is 5.84. The SMILES string of the molecule is Cc1cnc(N(CC(C)N)C2CC2)s1. The van der Waals surface area contributed by atoms with Crippen LogP contribution in [-0.2, 0) is 0 Å². The van der Waals surface area contributed by atoms with Gasteiger partial charge in [-0.15, -0.1) is 11.3 Å². The molecule has 1 heterocycles. The summed E-state index contributed by atoms with van der Waals surface area (Å²) in [6.07, 6.45) is 4.53. The zero-order valence-electron chi connectivity index (χ0n) is 8.73. The van der Waals surface area contributed by atoms with Crippen LogP contribution < -0.4 is 10.6 Å². The Kier molecular flexibility index (Phi) is 2.74. The van der Waals surface area contributed by atoms with E-state index in [1.54, 1.807) is 11.3 Å². The molecule has 1 atom stereocenters. The Bertz CT molecular complexity index is 304. The van der Waals surface area contributed by atoms with E-state index in [9.17, 15) is 0 Å². The molecular weight excluding hydrogens is 194 g/mol. The number of aromatic nitrogens is 1. The van der Waals surface area contributed by atoms with E-state index >= 15 is 0 Å². The van der Waals surface area contributed by atoms with Crippen LogP contribution in [0.3, 0.4) is 0 Å². The van der Waals surface area contributed by atoms with Gasteiger partial charge in [-0.05, 0) is 26.7 Å². The highest BCUT2D eigenvalue weighted by molar-refractivity contribution is 7.15. The minimum atomic E-state index is 0.222. The number of hydrogen-bond donors (Lipinski definition) is 1. The van der Waals surface area contributed by atoms with E-state index in [1.807, 2.05) is 6.20 Å². The molecule has 3 nitrogen and oxygen atoms in total. The van der Waals surface area contributed by atoms with Crippen molar-refractivity contribution in [1.29, 1.82) is 0 Å². The van der Waals surface area contributed by atoms with Crippen molar-refractivity contribution in [3.63, 3.8) is 0 Å². The van der Waals surface area contributed by atoms with Gasteiger partial charge in [0.05, 0.1) is 0 Å². The van der Waals surface area contributed by atoms with Crippen molar-refractivity contribution >= 4 is 16.5 Å². The third-order valence-corrected chi connectivity index (χ3v) is 3.28. The molecule has 4 heteroatoms. The molecule has 1 aliphatic carbocycles. The number of hydrogen-bond acceptors (Lipinski definition) is 4. The van der Waals surface area contributed by atoms with Crippen LogP contribution >= 0.6 is 11.3 Å². The van der Waals surface area contributed by atoms with Crippen LogP contribution in [0.1, 0.15) is 24.6 Å². The van der Waals surface area contributed by atoms with Gasteiger partial charge < -0.3 is 10.6 Å². The van der Waals surface area contributed by atoms with Crippen molar-refractivity contribution < 1.29 is 0 Å². The minimum absolute atomic E-state index is 0.222. The molecule has 1 aromatic heterocycles. The number of anilines is 1. The lowest BCUT2D eigenvalue weighted by Crippen LogP contribution is -2.37. The second-order valence-electron chi connectivity index (χ2n) is 4.11. The topological polar surface area (TPSA) is 42.2 Å². The monoisotopic (exact) mass is 211 g/mol. The first kappa shape index (κ1) is 9.93. The minimum Gasteiger partial charge on any atom is -0.344 e. The first-order chi connectivity index (χ1) is 6.66. The molecule has 0 saturated heterocycles. The van der Waals surface area contributed by atoms with Crippen molar-refractivity contribution in [2.45, 2.75) is 38.8 Å². The second-order valence-corrected chi connectivity index (χ2v) is 5.33. The highest BCUT2D eigenvalue weighted by atomic mass is 32.1. The van der Waals surface area contributed by atoms with E-state index in [0.29, 0.717) is 6.04 Å². The van der Waals surface area contributed by atoms with Crippen LogP contribution in [-0.4, -0.2) is 23.6 Å². The van der Waals surface area contributed by atoms with Gasteiger partial charge in [-0.25, -0.2) is 4.98 Å². The molecule has 1 unspecified atom stereocenters. The summed E-state index contributed by atoms with van der Waals surface area (Å²) in [4.78, 5) is 8.06. The van der Waals surface area contributed by atoms with Gasteiger partial charge in [-0.2, -0.15) is 0 Å². The van der Waals surface area contributed by atoms with Gasteiger partial charge in [0.2, 0.25) is 0 Å². The molecule has 2 rings (SSSR count). The average Bonchev–Trinajstić information content (AvgIpc) is 2.85. The second kappa shape index (κ2) is 3.87. The molecule has 14 heavy (non-hydrogen) atoms. The van der Waals surface area contributed by atoms with Crippen LogP contribution in [0.25, 0.3) is 0 Å². The summed E-state index contributed by atoms with van der Waals surface area (Å²) in [6, 6.07) is 0.923. The van der Waals surface area contributed by atoms with Crippen LogP contribution in [0.4, 0.5) is 5.13 Å². The Morgan fingerprint density at radius 3 is 2.86 bits per heavy atom. The van der Waals surface area contributed by atoms with Crippen molar-refractivity contribution in [3.8, 4) is 0 Å². The summed E-state index contributed by atoms with van der Waals surface area (Å²) in [6.45, 7) is 5.07. The van der Waals surface area contributed by atoms with Crippen molar-refractivity contribution in [2.75, 3.05) is 11.4 Å². The Morgan fingerprint density at radius 2 is 2.43 bits per heavy atom. The fourth-order valence-electron chi connectivity index (χ4n) is 1.56. The summed E-state index contributed by atoms with van der Waals surface area (Å²) < 4.78 is 0. The molecule has 1 fully saturated rings. The quantitative estimate of drug-likeness (QED) is 0.825. The van der Waals surface area contributed by atoms with Crippen molar-refractivity contribution in [2.24, 2.45) is 5.73 Å². The van der Waals surface area contributed by atoms with Gasteiger partial charge in [0.25, 0.3) is 0 Å². The Morgan fingerprint density at radius 1 is 1.71 bits per heavy atom. The van der Waals surface area contributed by atoms with Crippen LogP contribution in [0.5, 0.6) is 0 Å². The maximum absolute atomic E-state index is 5.84. The summed E-state index contributed by atoms with van der Waals surface area (Å²) in [5.74, 6) is 0. The molecule has 2 N–H and O–H groups in total. The van der Waals surface area contributed by atoms with E-state index in [-0.39, 0.29) is 6.04 Å². The molecule has 0 aromatic carbocycles. The van der Waals surface area contributed by atoms with Gasteiger partial charge in [0, 0.05) is 29.7 Å². The average molecular weight is 211 g/mol. The fourth-order valence-corrected chi connectivity index (χ4v) is 2.40. The van der Waals surface area contributed by atoms with Crippen molar-refractivity contribution in [3.05, 3.63) is 11.1 Å². The van der Waals surface area contributed by atoms with Gasteiger partial charge in [-0.1, -0.05) is 0 Å². The van der Waals surface area contributed by atoms with Crippen molar-refractivity contribution in [1.82, 2.24) is 4.98 Å². The number of rotatable bonds is 4. The molecular formula is C10H17N3S. The van der Waals surface area contributed by atoms with E-state index in [4.69, 9.17) is 5.73 Å². The number of nitrogens with zero attached hydrogens (tertiary/aromatic N) is 2.